The van der Waals surface area contributed by atoms with Crippen molar-refractivity contribution in [3.8, 4) is 0 Å². The molecule has 0 spiro atoms. The molecule has 0 fully saturated rings. The van der Waals surface area contributed by atoms with E-state index in [-0.39, 0.29) is 0 Å². The van der Waals surface area contributed by atoms with E-state index in [1.165, 1.54) is 16.5 Å². The Hall–Kier alpha value is -2.45. The first kappa shape index (κ1) is 13.5. The lowest BCUT2D eigenvalue weighted by Crippen LogP contribution is -2.13. The smallest absolute Gasteiger partial charge is 0.0746 e. The second-order valence-electron chi connectivity index (χ2n) is 4.94. The zero-order valence-corrected chi connectivity index (χ0v) is 11.9. The molecule has 3 aromatic rings. The molecule has 2 nitrogen and oxygen atoms in total. The van der Waals surface area contributed by atoms with E-state index < -0.39 is 0 Å². The second kappa shape index (κ2) is 6.82. The molecule has 0 saturated heterocycles. The summed E-state index contributed by atoms with van der Waals surface area (Å²) in [4.78, 5) is 4.47. The minimum Gasteiger partial charge on any atom is -0.309 e. The van der Waals surface area contributed by atoms with Crippen molar-refractivity contribution < 1.29 is 0 Å². The van der Waals surface area contributed by atoms with Crippen LogP contribution in [-0.4, -0.2) is 11.5 Å². The van der Waals surface area contributed by atoms with Gasteiger partial charge in [0.05, 0.1) is 5.52 Å². The SMILES string of the molecule is C(=C\c1ccccc1)/CNCc1cccc2cccnc12. The Morgan fingerprint density at radius 1 is 0.905 bits per heavy atom. The Bertz CT molecular complexity index is 727. The first-order chi connectivity index (χ1) is 10.4. The fourth-order valence-electron chi connectivity index (χ4n) is 2.36. The van der Waals surface area contributed by atoms with Gasteiger partial charge in [0.15, 0.2) is 0 Å². The Morgan fingerprint density at radius 3 is 2.67 bits per heavy atom. The number of hydrogen-bond donors (Lipinski definition) is 1. The topological polar surface area (TPSA) is 24.9 Å². The Labute approximate surface area is 125 Å². The summed E-state index contributed by atoms with van der Waals surface area (Å²) >= 11 is 0. The number of aromatic nitrogens is 1. The molecule has 0 radical (unpaired) electrons. The van der Waals surface area contributed by atoms with Crippen molar-refractivity contribution in [2.24, 2.45) is 0 Å². The van der Waals surface area contributed by atoms with Gasteiger partial charge in [-0.3, -0.25) is 4.98 Å². The normalized spacial score (nSPS) is 11.2. The van der Waals surface area contributed by atoms with E-state index in [1.54, 1.807) is 0 Å². The average Bonchev–Trinajstić information content (AvgIpc) is 2.56. The monoisotopic (exact) mass is 274 g/mol. The van der Waals surface area contributed by atoms with Crippen LogP contribution < -0.4 is 5.32 Å². The maximum atomic E-state index is 4.47. The zero-order valence-electron chi connectivity index (χ0n) is 11.9. The van der Waals surface area contributed by atoms with Crippen LogP contribution in [0.2, 0.25) is 0 Å². The molecule has 1 N–H and O–H groups in total. The largest absolute Gasteiger partial charge is 0.309 e. The van der Waals surface area contributed by atoms with Crippen LogP contribution in [0, 0.1) is 0 Å². The lowest BCUT2D eigenvalue weighted by atomic mass is 10.1. The summed E-state index contributed by atoms with van der Waals surface area (Å²) in [5, 5.41) is 4.63. The van der Waals surface area contributed by atoms with Crippen molar-refractivity contribution in [1.29, 1.82) is 0 Å². The van der Waals surface area contributed by atoms with Crippen molar-refractivity contribution in [3.63, 3.8) is 0 Å². The first-order valence-corrected chi connectivity index (χ1v) is 7.18. The number of rotatable bonds is 5. The molecular weight excluding hydrogens is 256 g/mol. The van der Waals surface area contributed by atoms with Crippen molar-refractivity contribution in [2.45, 2.75) is 6.54 Å². The predicted octanol–water partition coefficient (Wildman–Crippen LogP) is 4.04. The van der Waals surface area contributed by atoms with Gasteiger partial charge in [0.25, 0.3) is 0 Å². The van der Waals surface area contributed by atoms with Crippen molar-refractivity contribution in [2.75, 3.05) is 6.54 Å². The molecule has 2 aromatic carbocycles. The van der Waals surface area contributed by atoms with E-state index in [0.29, 0.717) is 0 Å². The van der Waals surface area contributed by atoms with Gasteiger partial charge in [-0.1, -0.05) is 66.7 Å². The summed E-state index contributed by atoms with van der Waals surface area (Å²) in [6, 6.07) is 20.7. The van der Waals surface area contributed by atoms with Crippen LogP contribution >= 0.6 is 0 Å². The fourth-order valence-corrected chi connectivity index (χ4v) is 2.36. The molecule has 0 bridgehead atoms. The van der Waals surface area contributed by atoms with Gasteiger partial charge in [-0.2, -0.15) is 0 Å². The van der Waals surface area contributed by atoms with E-state index >= 15 is 0 Å². The molecule has 0 amide bonds. The quantitative estimate of drug-likeness (QED) is 0.710. The number of para-hydroxylation sites is 1. The number of nitrogens with one attached hydrogen (secondary N) is 1. The lowest BCUT2D eigenvalue weighted by molar-refractivity contribution is 0.764. The minimum atomic E-state index is 0.827. The fraction of sp³-hybridized carbons (Fsp3) is 0.105. The second-order valence-corrected chi connectivity index (χ2v) is 4.94. The summed E-state index contributed by atoms with van der Waals surface area (Å²) in [6.45, 7) is 1.67. The van der Waals surface area contributed by atoms with E-state index in [2.05, 4.69) is 71.0 Å². The van der Waals surface area contributed by atoms with Gasteiger partial charge in [0.1, 0.15) is 0 Å². The van der Waals surface area contributed by atoms with Gasteiger partial charge < -0.3 is 5.32 Å². The standard InChI is InChI=1S/C19H18N2/c1-2-7-16(8-3-1)9-5-13-20-15-18-11-4-10-17-12-6-14-21-19(17)18/h1-12,14,20H,13,15H2/b9-5+. The molecule has 1 heterocycles. The summed E-state index contributed by atoms with van der Waals surface area (Å²) in [6.07, 6.45) is 6.13. The third-order valence-corrected chi connectivity index (χ3v) is 3.40. The van der Waals surface area contributed by atoms with Crippen LogP contribution in [0.1, 0.15) is 11.1 Å². The van der Waals surface area contributed by atoms with Gasteiger partial charge >= 0.3 is 0 Å². The van der Waals surface area contributed by atoms with E-state index in [9.17, 15) is 0 Å². The van der Waals surface area contributed by atoms with Gasteiger partial charge in [-0.05, 0) is 17.2 Å². The molecule has 1 aromatic heterocycles. The number of benzene rings is 2. The Morgan fingerprint density at radius 2 is 1.76 bits per heavy atom. The third-order valence-electron chi connectivity index (χ3n) is 3.40. The summed E-state index contributed by atoms with van der Waals surface area (Å²) < 4.78 is 0. The van der Waals surface area contributed by atoms with E-state index in [1.807, 2.05) is 18.3 Å². The number of pyridine rings is 1. The highest BCUT2D eigenvalue weighted by Gasteiger charge is 2.00. The lowest BCUT2D eigenvalue weighted by Gasteiger charge is -2.05. The summed E-state index contributed by atoms with van der Waals surface area (Å²) in [5.41, 5.74) is 3.55. The van der Waals surface area contributed by atoms with Gasteiger partial charge in [-0.15, -0.1) is 0 Å². The van der Waals surface area contributed by atoms with Crippen molar-refractivity contribution >= 4 is 17.0 Å². The van der Waals surface area contributed by atoms with Gasteiger partial charge in [-0.25, -0.2) is 0 Å². The Kier molecular flexibility index (Phi) is 4.39. The minimum absolute atomic E-state index is 0.827. The van der Waals surface area contributed by atoms with Crippen molar-refractivity contribution in [1.82, 2.24) is 10.3 Å². The average molecular weight is 274 g/mol. The number of hydrogen-bond acceptors (Lipinski definition) is 2. The maximum absolute atomic E-state index is 4.47. The molecule has 104 valence electrons. The molecule has 0 aliphatic carbocycles. The van der Waals surface area contributed by atoms with Gasteiger partial charge in [0.2, 0.25) is 0 Å². The van der Waals surface area contributed by atoms with Crippen LogP contribution in [-0.2, 0) is 6.54 Å². The number of fused-ring (bicyclic) bond motifs is 1. The van der Waals surface area contributed by atoms with E-state index in [4.69, 9.17) is 0 Å². The molecule has 21 heavy (non-hydrogen) atoms. The Balaban J connectivity index is 1.59. The molecule has 3 rings (SSSR count). The van der Waals surface area contributed by atoms with Crippen LogP contribution in [0.25, 0.3) is 17.0 Å². The molecular formula is C19H18N2. The maximum Gasteiger partial charge on any atom is 0.0746 e. The van der Waals surface area contributed by atoms with Crippen LogP contribution in [0.3, 0.4) is 0 Å². The predicted molar refractivity (Wildman–Crippen MR) is 88.9 cm³/mol. The molecule has 0 aliphatic rings. The molecule has 0 atom stereocenters. The van der Waals surface area contributed by atoms with Crippen molar-refractivity contribution in [3.05, 3.63) is 84.1 Å². The molecule has 0 saturated carbocycles. The van der Waals surface area contributed by atoms with Crippen LogP contribution in [0.15, 0.2) is 72.9 Å². The van der Waals surface area contributed by atoms with E-state index in [0.717, 1.165) is 18.6 Å². The van der Waals surface area contributed by atoms with Gasteiger partial charge in [0, 0.05) is 24.7 Å². The van der Waals surface area contributed by atoms with Crippen LogP contribution in [0.4, 0.5) is 0 Å². The summed E-state index contributed by atoms with van der Waals surface area (Å²) in [5.74, 6) is 0. The molecule has 0 aliphatic heterocycles. The zero-order chi connectivity index (χ0) is 14.3. The first-order valence-electron chi connectivity index (χ1n) is 7.18. The number of nitrogens with zero attached hydrogens (tertiary/aromatic N) is 1. The molecule has 2 heteroatoms. The molecule has 0 unspecified atom stereocenters. The highest BCUT2D eigenvalue weighted by molar-refractivity contribution is 5.81. The summed E-state index contributed by atoms with van der Waals surface area (Å²) in [7, 11) is 0. The highest BCUT2D eigenvalue weighted by Crippen LogP contribution is 2.15. The highest BCUT2D eigenvalue weighted by atomic mass is 14.8. The third kappa shape index (κ3) is 3.56. The van der Waals surface area contributed by atoms with Crippen LogP contribution in [0.5, 0.6) is 0 Å².